The van der Waals surface area contributed by atoms with Crippen LogP contribution in [0.2, 0.25) is 10.0 Å². The largest absolute Gasteiger partial charge is 0.325 e. The number of amides is 4. The fraction of sp³-hybridized carbons (Fsp3) is 0.333. The van der Waals surface area contributed by atoms with E-state index in [1.807, 2.05) is 0 Å². The molecule has 4 rings (SSSR count). The van der Waals surface area contributed by atoms with Gasteiger partial charge in [-0.25, -0.2) is 0 Å². The number of rotatable bonds is 14. The number of unbranched alkanes of at least 4 members (excludes halogenated alkanes) is 4. The average Bonchev–Trinajstić information content (AvgIpc) is 3.43. The molecule has 0 unspecified atom stereocenters. The van der Waals surface area contributed by atoms with Crippen LogP contribution in [0.3, 0.4) is 0 Å². The van der Waals surface area contributed by atoms with Crippen LogP contribution in [0, 0.1) is 0 Å². The third-order valence-electron chi connectivity index (χ3n) is 6.77. The van der Waals surface area contributed by atoms with E-state index >= 15 is 0 Å². The maximum atomic E-state index is 13.2. The number of benzene rings is 2. The topological polar surface area (TPSA) is 98.8 Å². The van der Waals surface area contributed by atoms with Crippen molar-refractivity contribution >= 4 is 115 Å². The van der Waals surface area contributed by atoms with Crippen molar-refractivity contribution in [3.8, 4) is 0 Å². The monoisotopic (exact) mass is 708 g/mol. The predicted octanol–water partition coefficient (Wildman–Crippen LogP) is 7.62. The van der Waals surface area contributed by atoms with Gasteiger partial charge in [0.05, 0.1) is 31.2 Å². The van der Waals surface area contributed by atoms with Gasteiger partial charge in [-0.2, -0.15) is 0 Å². The predicted molar refractivity (Wildman–Crippen MR) is 188 cm³/mol. The van der Waals surface area contributed by atoms with Gasteiger partial charge >= 0.3 is 0 Å². The lowest BCUT2D eigenvalue weighted by molar-refractivity contribution is -0.124. The molecule has 2 aromatic rings. The highest BCUT2D eigenvalue weighted by Gasteiger charge is 2.41. The van der Waals surface area contributed by atoms with E-state index in [2.05, 4.69) is 10.6 Å². The third-order valence-corrected chi connectivity index (χ3v) is 10.5. The van der Waals surface area contributed by atoms with Crippen LogP contribution in [0.4, 0.5) is 11.4 Å². The van der Waals surface area contributed by atoms with Crippen molar-refractivity contribution in [2.75, 3.05) is 23.7 Å². The van der Waals surface area contributed by atoms with Crippen molar-refractivity contribution in [1.82, 2.24) is 9.80 Å². The van der Waals surface area contributed by atoms with Crippen LogP contribution < -0.4 is 10.6 Å². The first-order chi connectivity index (χ1) is 21.2. The molecule has 2 N–H and O–H groups in total. The van der Waals surface area contributed by atoms with Gasteiger partial charge in [-0.1, -0.05) is 108 Å². The first kappa shape index (κ1) is 34.4. The van der Waals surface area contributed by atoms with Crippen molar-refractivity contribution in [3.63, 3.8) is 0 Å². The fourth-order valence-electron chi connectivity index (χ4n) is 4.47. The summed E-state index contributed by atoms with van der Waals surface area (Å²) < 4.78 is 0.809. The molecule has 0 spiro atoms. The van der Waals surface area contributed by atoms with Gasteiger partial charge in [0.25, 0.3) is 11.8 Å². The first-order valence-electron chi connectivity index (χ1n) is 14.1. The molecule has 4 amide bonds. The van der Waals surface area contributed by atoms with Crippen molar-refractivity contribution < 1.29 is 19.2 Å². The number of carbonyl (C=O) groups is 4. The Morgan fingerprint density at radius 2 is 1.02 bits per heavy atom. The summed E-state index contributed by atoms with van der Waals surface area (Å²) >= 11 is 25.3. The van der Waals surface area contributed by atoms with Gasteiger partial charge in [0.2, 0.25) is 11.8 Å². The van der Waals surface area contributed by atoms with Crippen LogP contribution in [-0.4, -0.2) is 55.2 Å². The molecule has 2 fully saturated rings. The molecule has 232 valence electrons. The van der Waals surface area contributed by atoms with Crippen LogP contribution in [0.5, 0.6) is 0 Å². The van der Waals surface area contributed by atoms with E-state index in [4.69, 9.17) is 47.6 Å². The standard InChI is InChI=1S/C30H30Cl2N4O4S4/c31-19-11-5-7-13-21(19)33-23(37)15-3-1-9-17-35-27(39)25(43-29(35)41)26-28(40)36(30(42)44-26)18-10-2-4-16-24(38)34-22-14-8-6-12-20(22)32/h5-8,11-14H,1-4,9-10,15-18H2,(H,33,37)(H,34,38). The number of hydrogen-bond donors (Lipinski definition) is 2. The minimum Gasteiger partial charge on any atom is -0.325 e. The second kappa shape index (κ2) is 16.7. The Balaban J connectivity index is 1.18. The molecule has 2 heterocycles. The van der Waals surface area contributed by atoms with Crippen molar-refractivity contribution in [1.29, 1.82) is 0 Å². The van der Waals surface area contributed by atoms with E-state index < -0.39 is 0 Å². The number of halogens is 2. The summed E-state index contributed by atoms with van der Waals surface area (Å²) in [6.45, 7) is 0.815. The van der Waals surface area contributed by atoms with Gasteiger partial charge in [-0.05, 0) is 49.9 Å². The van der Waals surface area contributed by atoms with Gasteiger partial charge in [0, 0.05) is 25.9 Å². The molecule has 2 aliphatic heterocycles. The summed E-state index contributed by atoms with van der Waals surface area (Å²) in [5, 5.41) is 6.58. The van der Waals surface area contributed by atoms with Crippen LogP contribution >= 0.6 is 71.2 Å². The van der Waals surface area contributed by atoms with Gasteiger partial charge < -0.3 is 10.6 Å². The van der Waals surface area contributed by atoms with E-state index in [1.165, 1.54) is 9.80 Å². The minimum absolute atomic E-state index is 0.121. The lowest BCUT2D eigenvalue weighted by Gasteiger charge is -2.14. The lowest BCUT2D eigenvalue weighted by atomic mass is 10.1. The molecule has 44 heavy (non-hydrogen) atoms. The van der Waals surface area contributed by atoms with Crippen LogP contribution in [0.25, 0.3) is 0 Å². The zero-order valence-corrected chi connectivity index (χ0v) is 28.4. The summed E-state index contributed by atoms with van der Waals surface area (Å²) in [5.74, 6) is -0.822. The van der Waals surface area contributed by atoms with Crippen molar-refractivity contribution in [2.45, 2.75) is 51.4 Å². The molecule has 0 bridgehead atoms. The highest BCUT2D eigenvalue weighted by Crippen LogP contribution is 2.42. The molecule has 14 heteroatoms. The van der Waals surface area contributed by atoms with Crippen LogP contribution in [0.15, 0.2) is 58.3 Å². The highest BCUT2D eigenvalue weighted by molar-refractivity contribution is 8.29. The summed E-state index contributed by atoms with van der Waals surface area (Å²) in [7, 11) is 0. The van der Waals surface area contributed by atoms with Crippen LogP contribution in [0.1, 0.15) is 51.4 Å². The second-order valence-corrected chi connectivity index (χ2v) is 14.1. The SMILES string of the molecule is O=C(CCCCCN1C(=O)C(=C2SC(=S)N(CCCCCC(=O)Nc3ccccc3Cl)C2=O)SC1=S)Nc1ccccc1Cl. The quantitative estimate of drug-likeness (QED) is 0.118. The molecular formula is C30H30Cl2N4O4S4. The normalized spacial score (nSPS) is 16.7. The van der Waals surface area contributed by atoms with Gasteiger partial charge in [-0.15, -0.1) is 0 Å². The molecule has 0 saturated carbocycles. The number of nitrogens with one attached hydrogen (secondary N) is 2. The Kier molecular flexibility index (Phi) is 13.1. The Morgan fingerprint density at radius 1 is 0.636 bits per heavy atom. The zero-order chi connectivity index (χ0) is 31.6. The fourth-order valence-corrected chi connectivity index (χ4v) is 7.61. The number of para-hydroxylation sites is 2. The van der Waals surface area contributed by atoms with Gasteiger partial charge in [-0.3, -0.25) is 29.0 Å². The molecule has 0 aliphatic carbocycles. The maximum absolute atomic E-state index is 13.2. The second-order valence-electron chi connectivity index (χ2n) is 9.99. The molecule has 0 atom stereocenters. The number of anilines is 2. The zero-order valence-electron chi connectivity index (χ0n) is 23.6. The molecule has 2 aromatic carbocycles. The highest BCUT2D eigenvalue weighted by atomic mass is 35.5. The van der Waals surface area contributed by atoms with E-state index in [0.29, 0.717) is 91.5 Å². The molecule has 0 aromatic heterocycles. The Morgan fingerprint density at radius 3 is 1.41 bits per heavy atom. The molecule has 0 radical (unpaired) electrons. The summed E-state index contributed by atoms with van der Waals surface area (Å²) in [4.78, 5) is 54.5. The molecular weight excluding hydrogens is 680 g/mol. The average molecular weight is 710 g/mol. The van der Waals surface area contributed by atoms with Gasteiger partial charge in [0.1, 0.15) is 8.64 Å². The summed E-state index contributed by atoms with van der Waals surface area (Å²) in [5.41, 5.74) is 1.16. The maximum Gasteiger partial charge on any atom is 0.267 e. The summed E-state index contributed by atoms with van der Waals surface area (Å²) in [6, 6.07) is 14.1. The summed E-state index contributed by atoms with van der Waals surface area (Å²) in [6.07, 6.45) is 4.75. The van der Waals surface area contributed by atoms with E-state index in [0.717, 1.165) is 36.4 Å². The minimum atomic E-state index is -0.290. The van der Waals surface area contributed by atoms with E-state index in [1.54, 1.807) is 48.5 Å². The Bertz CT molecular complexity index is 1390. The smallest absolute Gasteiger partial charge is 0.267 e. The van der Waals surface area contributed by atoms with E-state index in [9.17, 15) is 19.2 Å². The number of carbonyl (C=O) groups excluding carboxylic acids is 4. The van der Waals surface area contributed by atoms with Gasteiger partial charge in [0.15, 0.2) is 0 Å². The number of hydrogen-bond acceptors (Lipinski definition) is 8. The third kappa shape index (κ3) is 9.27. The van der Waals surface area contributed by atoms with Crippen LogP contribution in [-0.2, 0) is 19.2 Å². The van der Waals surface area contributed by atoms with E-state index in [-0.39, 0.29) is 23.6 Å². The number of thiocarbonyl (C=S) groups is 2. The van der Waals surface area contributed by atoms with Crippen molar-refractivity contribution in [2.24, 2.45) is 0 Å². The lowest BCUT2D eigenvalue weighted by Crippen LogP contribution is -2.31. The number of nitrogens with zero attached hydrogens (tertiary/aromatic N) is 2. The Labute approximate surface area is 285 Å². The molecule has 2 aliphatic rings. The van der Waals surface area contributed by atoms with Crippen molar-refractivity contribution in [3.05, 3.63) is 68.4 Å². The first-order valence-corrected chi connectivity index (χ1v) is 17.3. The molecule has 8 nitrogen and oxygen atoms in total. The Hall–Kier alpha value is -2.48. The number of thioether (sulfide) groups is 2. The molecule has 2 saturated heterocycles.